The van der Waals surface area contributed by atoms with E-state index in [-0.39, 0.29) is 11.4 Å². The summed E-state index contributed by atoms with van der Waals surface area (Å²) in [5.41, 5.74) is 19.5. The predicted molar refractivity (Wildman–Crippen MR) is 89.0 cm³/mol. The molecule has 0 saturated carbocycles. The lowest BCUT2D eigenvalue weighted by atomic mass is 10.2. The van der Waals surface area contributed by atoms with Crippen LogP contribution in [-0.4, -0.2) is 5.84 Å². The third kappa shape index (κ3) is 4.02. The SMILES string of the molecule is N#C/C(=C\NNc1ccccc1)C(N)=Nc1ccccc1N. The molecule has 0 bridgehead atoms. The Kier molecular flexibility index (Phi) is 5.00. The molecule has 0 heterocycles. The van der Waals surface area contributed by atoms with E-state index in [1.165, 1.54) is 6.20 Å². The smallest absolute Gasteiger partial charge is 0.143 e. The second kappa shape index (κ2) is 7.36. The van der Waals surface area contributed by atoms with Gasteiger partial charge < -0.3 is 22.3 Å². The number of nitrogens with two attached hydrogens (primary N) is 2. The van der Waals surface area contributed by atoms with Gasteiger partial charge in [-0.3, -0.25) is 0 Å². The van der Waals surface area contributed by atoms with Crippen LogP contribution in [0, 0.1) is 11.3 Å². The van der Waals surface area contributed by atoms with Crippen LogP contribution in [0.15, 0.2) is 71.4 Å². The molecule has 0 atom stereocenters. The van der Waals surface area contributed by atoms with Gasteiger partial charge in [0.2, 0.25) is 0 Å². The Hall–Kier alpha value is -3.46. The number of anilines is 2. The van der Waals surface area contributed by atoms with E-state index in [1.807, 2.05) is 36.4 Å². The highest BCUT2D eigenvalue weighted by atomic mass is 15.3. The summed E-state index contributed by atoms with van der Waals surface area (Å²) in [7, 11) is 0. The lowest BCUT2D eigenvalue weighted by Crippen LogP contribution is -2.20. The van der Waals surface area contributed by atoms with Crippen molar-refractivity contribution in [2.75, 3.05) is 11.2 Å². The van der Waals surface area contributed by atoms with Crippen molar-refractivity contribution in [1.29, 1.82) is 5.26 Å². The monoisotopic (exact) mass is 292 g/mol. The second-order valence-electron chi connectivity index (χ2n) is 4.36. The molecule has 2 rings (SSSR count). The van der Waals surface area contributed by atoms with Crippen molar-refractivity contribution in [3.05, 3.63) is 66.4 Å². The number of para-hydroxylation sites is 3. The van der Waals surface area contributed by atoms with Crippen LogP contribution in [0.1, 0.15) is 0 Å². The molecule has 0 spiro atoms. The minimum absolute atomic E-state index is 0.0859. The Morgan fingerprint density at radius 3 is 2.45 bits per heavy atom. The van der Waals surface area contributed by atoms with Gasteiger partial charge in [0.25, 0.3) is 0 Å². The molecule has 0 aromatic heterocycles. The van der Waals surface area contributed by atoms with E-state index in [9.17, 15) is 0 Å². The van der Waals surface area contributed by atoms with Crippen molar-refractivity contribution >= 4 is 22.9 Å². The first-order chi connectivity index (χ1) is 10.7. The molecule has 0 fully saturated rings. The summed E-state index contributed by atoms with van der Waals surface area (Å²) in [5.74, 6) is 0.0859. The van der Waals surface area contributed by atoms with Crippen molar-refractivity contribution < 1.29 is 0 Å². The van der Waals surface area contributed by atoms with Crippen LogP contribution in [0.3, 0.4) is 0 Å². The van der Waals surface area contributed by atoms with Crippen LogP contribution in [0.4, 0.5) is 17.1 Å². The topological polar surface area (TPSA) is 112 Å². The number of amidine groups is 1. The number of nitriles is 1. The molecular formula is C16H16N6. The van der Waals surface area contributed by atoms with Gasteiger partial charge in [-0.25, -0.2) is 4.99 Å². The third-order valence-corrected chi connectivity index (χ3v) is 2.78. The van der Waals surface area contributed by atoms with Gasteiger partial charge in [-0.2, -0.15) is 5.26 Å². The number of benzene rings is 2. The molecule has 0 amide bonds. The highest BCUT2D eigenvalue weighted by Crippen LogP contribution is 2.20. The molecule has 0 unspecified atom stereocenters. The highest BCUT2D eigenvalue weighted by Gasteiger charge is 2.03. The quantitative estimate of drug-likeness (QED) is 0.222. The van der Waals surface area contributed by atoms with E-state index in [2.05, 4.69) is 15.8 Å². The Morgan fingerprint density at radius 1 is 1.09 bits per heavy atom. The fraction of sp³-hybridized carbons (Fsp3) is 0. The fourth-order valence-electron chi connectivity index (χ4n) is 1.66. The minimum atomic E-state index is 0.0859. The molecule has 0 aliphatic heterocycles. The van der Waals surface area contributed by atoms with E-state index < -0.39 is 0 Å². The molecule has 6 N–H and O–H groups in total. The first kappa shape index (κ1) is 14.9. The number of aliphatic imine (C=N–C) groups is 1. The lowest BCUT2D eigenvalue weighted by Gasteiger charge is -2.06. The average molecular weight is 292 g/mol. The normalized spacial score (nSPS) is 11.6. The minimum Gasteiger partial charge on any atom is -0.397 e. The van der Waals surface area contributed by atoms with Gasteiger partial charge in [0, 0.05) is 6.20 Å². The van der Waals surface area contributed by atoms with Gasteiger partial charge in [-0.15, -0.1) is 0 Å². The maximum atomic E-state index is 9.16. The Morgan fingerprint density at radius 2 is 1.77 bits per heavy atom. The van der Waals surface area contributed by atoms with Gasteiger partial charge >= 0.3 is 0 Å². The van der Waals surface area contributed by atoms with Gasteiger partial charge in [0.15, 0.2) is 0 Å². The van der Waals surface area contributed by atoms with E-state index in [4.69, 9.17) is 16.7 Å². The summed E-state index contributed by atoms with van der Waals surface area (Å²) in [6, 6.07) is 18.5. The number of nitrogen functional groups attached to an aromatic ring is 1. The van der Waals surface area contributed by atoms with E-state index >= 15 is 0 Å². The van der Waals surface area contributed by atoms with E-state index in [0.29, 0.717) is 11.4 Å². The van der Waals surface area contributed by atoms with Crippen molar-refractivity contribution in [3.63, 3.8) is 0 Å². The number of hydrazine groups is 1. The van der Waals surface area contributed by atoms with Gasteiger partial charge in [-0.1, -0.05) is 30.3 Å². The molecule has 110 valence electrons. The third-order valence-electron chi connectivity index (χ3n) is 2.78. The largest absolute Gasteiger partial charge is 0.397 e. The molecule has 6 heteroatoms. The Bertz CT molecular complexity index is 728. The van der Waals surface area contributed by atoms with E-state index in [0.717, 1.165) is 5.69 Å². The molecule has 22 heavy (non-hydrogen) atoms. The number of hydrogen-bond acceptors (Lipinski definition) is 5. The zero-order valence-electron chi connectivity index (χ0n) is 11.8. The first-order valence-electron chi connectivity index (χ1n) is 6.56. The molecule has 6 nitrogen and oxygen atoms in total. The van der Waals surface area contributed by atoms with Crippen LogP contribution >= 0.6 is 0 Å². The first-order valence-corrected chi connectivity index (χ1v) is 6.56. The van der Waals surface area contributed by atoms with Crippen LogP contribution in [0.2, 0.25) is 0 Å². The molecule has 0 aliphatic carbocycles. The lowest BCUT2D eigenvalue weighted by molar-refractivity contribution is 1.05. The van der Waals surface area contributed by atoms with Gasteiger partial charge in [-0.05, 0) is 24.3 Å². The average Bonchev–Trinajstić information content (AvgIpc) is 2.54. The van der Waals surface area contributed by atoms with Crippen molar-refractivity contribution in [1.82, 2.24) is 5.43 Å². The number of rotatable bonds is 5. The molecule has 2 aromatic carbocycles. The molecular weight excluding hydrogens is 276 g/mol. The maximum absolute atomic E-state index is 9.16. The number of nitrogens with one attached hydrogen (secondary N) is 2. The predicted octanol–water partition coefficient (Wildman–Crippen LogP) is 2.28. The summed E-state index contributed by atoms with van der Waals surface area (Å²) in [4.78, 5) is 4.17. The second-order valence-corrected chi connectivity index (χ2v) is 4.36. The van der Waals surface area contributed by atoms with Crippen LogP contribution in [0.25, 0.3) is 0 Å². The van der Waals surface area contributed by atoms with Gasteiger partial charge in [0.1, 0.15) is 17.5 Å². The van der Waals surface area contributed by atoms with Crippen molar-refractivity contribution in [3.8, 4) is 6.07 Å². The zero-order chi connectivity index (χ0) is 15.8. The van der Waals surface area contributed by atoms with Crippen LogP contribution in [-0.2, 0) is 0 Å². The zero-order valence-corrected chi connectivity index (χ0v) is 11.8. The van der Waals surface area contributed by atoms with Crippen LogP contribution in [0.5, 0.6) is 0 Å². The van der Waals surface area contributed by atoms with Crippen molar-refractivity contribution in [2.24, 2.45) is 10.7 Å². The standard InChI is InChI=1S/C16H16N6/c17-10-12(11-20-22-13-6-2-1-3-7-13)16(19)21-15-9-5-4-8-14(15)18/h1-9,11,20,22H,18H2,(H2,19,21)/b12-11+. The summed E-state index contributed by atoms with van der Waals surface area (Å²) in [5, 5.41) is 9.16. The highest BCUT2D eigenvalue weighted by molar-refractivity contribution is 6.02. The number of nitrogens with zero attached hydrogens (tertiary/aromatic N) is 2. The van der Waals surface area contributed by atoms with Gasteiger partial charge in [0.05, 0.1) is 17.1 Å². The van der Waals surface area contributed by atoms with Crippen molar-refractivity contribution in [2.45, 2.75) is 0 Å². The van der Waals surface area contributed by atoms with Crippen LogP contribution < -0.4 is 22.3 Å². The maximum Gasteiger partial charge on any atom is 0.143 e. The molecule has 0 radical (unpaired) electrons. The Balaban J connectivity index is 2.09. The summed E-state index contributed by atoms with van der Waals surface area (Å²) in [6.07, 6.45) is 1.45. The van der Waals surface area contributed by atoms with E-state index in [1.54, 1.807) is 24.3 Å². The molecule has 0 saturated heterocycles. The fourth-order valence-corrected chi connectivity index (χ4v) is 1.66. The summed E-state index contributed by atoms with van der Waals surface area (Å²) < 4.78 is 0. The number of hydrogen-bond donors (Lipinski definition) is 4. The summed E-state index contributed by atoms with van der Waals surface area (Å²) in [6.45, 7) is 0. The summed E-state index contributed by atoms with van der Waals surface area (Å²) >= 11 is 0. The molecule has 0 aliphatic rings. The molecule has 2 aromatic rings. The Labute approximate surface area is 128 Å².